The van der Waals surface area contributed by atoms with Gasteiger partial charge in [-0.15, -0.1) is 12.4 Å². The molecule has 0 bridgehead atoms. The van der Waals surface area contributed by atoms with Gasteiger partial charge in [-0.2, -0.15) is 0 Å². The molecule has 3 aromatic carbocycles. The Balaban J connectivity index is 0.00000387. The number of sulfonamides is 1. The van der Waals surface area contributed by atoms with Gasteiger partial charge in [0.2, 0.25) is 0 Å². The Labute approximate surface area is 256 Å². The molecule has 2 heterocycles. The first-order valence-electron chi connectivity index (χ1n) is 13.2. The summed E-state index contributed by atoms with van der Waals surface area (Å²) in [4.78, 5) is 22.7. The molecule has 0 N–H and O–H groups in total. The first-order chi connectivity index (χ1) is 19.4. The summed E-state index contributed by atoms with van der Waals surface area (Å²) in [5.41, 5.74) is 1.64. The molecule has 1 aliphatic heterocycles. The van der Waals surface area contributed by atoms with Crippen LogP contribution in [0.25, 0.3) is 10.2 Å². The summed E-state index contributed by atoms with van der Waals surface area (Å²) in [6.45, 7) is 6.55. The number of ether oxygens (including phenoxy) is 1. The molecule has 41 heavy (non-hydrogen) atoms. The van der Waals surface area contributed by atoms with Gasteiger partial charge >= 0.3 is 0 Å². The van der Waals surface area contributed by atoms with Crippen LogP contribution < -0.4 is 9.21 Å². The number of thiazole rings is 1. The predicted molar refractivity (Wildman–Crippen MR) is 169 cm³/mol. The minimum Gasteiger partial charge on any atom is -0.379 e. The molecule has 0 unspecified atom stereocenters. The molecule has 5 rings (SSSR count). The molecule has 0 radical (unpaired) electrons. The van der Waals surface area contributed by atoms with Crippen molar-refractivity contribution in [2.45, 2.75) is 18.2 Å². The molecule has 0 saturated carbocycles. The average Bonchev–Trinajstić information content (AvgIpc) is 3.42. The number of hydrogen-bond acceptors (Lipinski definition) is 7. The highest BCUT2D eigenvalue weighted by Gasteiger charge is 2.26. The summed E-state index contributed by atoms with van der Waals surface area (Å²) in [7, 11) is -3.80. The van der Waals surface area contributed by atoms with Crippen LogP contribution in [0.15, 0.2) is 77.7 Å². The minimum absolute atomic E-state index is 0. The second-order valence-corrected chi connectivity index (χ2v) is 12.7. The lowest BCUT2D eigenvalue weighted by Crippen LogP contribution is -2.39. The molecule has 1 fully saturated rings. The van der Waals surface area contributed by atoms with Gasteiger partial charge in [-0.3, -0.25) is 18.9 Å². The third-order valence-corrected chi connectivity index (χ3v) is 10.1. The van der Waals surface area contributed by atoms with E-state index in [1.54, 1.807) is 54.3 Å². The monoisotopic (exact) mass is 634 g/mol. The van der Waals surface area contributed by atoms with Crippen LogP contribution in [0.2, 0.25) is 5.02 Å². The smallest absolute Gasteiger partial charge is 0.264 e. The van der Waals surface area contributed by atoms with E-state index in [9.17, 15) is 13.2 Å². The molecule has 1 saturated heterocycles. The van der Waals surface area contributed by atoms with Crippen LogP contribution in [0.5, 0.6) is 0 Å². The van der Waals surface area contributed by atoms with Gasteiger partial charge in [0.25, 0.3) is 15.9 Å². The highest BCUT2D eigenvalue weighted by atomic mass is 35.5. The zero-order valence-corrected chi connectivity index (χ0v) is 25.8. The zero-order valence-electron chi connectivity index (χ0n) is 22.6. The average molecular weight is 636 g/mol. The number of anilines is 2. The Kier molecular flexibility index (Phi) is 10.6. The Morgan fingerprint density at radius 3 is 2.39 bits per heavy atom. The first-order valence-corrected chi connectivity index (χ1v) is 15.9. The van der Waals surface area contributed by atoms with Gasteiger partial charge in [-0.25, -0.2) is 13.4 Å². The lowest BCUT2D eigenvalue weighted by molar-refractivity contribution is 0.0376. The van der Waals surface area contributed by atoms with Crippen molar-refractivity contribution >= 4 is 72.3 Å². The van der Waals surface area contributed by atoms with Gasteiger partial charge in [0.05, 0.1) is 33.5 Å². The van der Waals surface area contributed by atoms with E-state index >= 15 is 0 Å². The predicted octanol–water partition coefficient (Wildman–Crippen LogP) is 5.96. The molecule has 8 nitrogen and oxygen atoms in total. The number of fused-ring (bicyclic) bond motifs is 1. The van der Waals surface area contributed by atoms with Crippen LogP contribution in [0.3, 0.4) is 0 Å². The first kappa shape index (κ1) is 31.2. The molecular formula is C29H32Cl2N4O4S2. The highest BCUT2D eigenvalue weighted by molar-refractivity contribution is 7.92. The fourth-order valence-electron chi connectivity index (χ4n) is 4.72. The van der Waals surface area contributed by atoms with Crippen molar-refractivity contribution in [3.05, 3.63) is 83.4 Å². The maximum Gasteiger partial charge on any atom is 0.264 e. The fourth-order valence-corrected chi connectivity index (χ4v) is 7.48. The molecule has 4 aromatic rings. The van der Waals surface area contributed by atoms with Gasteiger partial charge < -0.3 is 4.74 Å². The number of amides is 1. The van der Waals surface area contributed by atoms with E-state index in [4.69, 9.17) is 21.3 Å². The molecule has 0 spiro atoms. The van der Waals surface area contributed by atoms with Crippen molar-refractivity contribution in [3.8, 4) is 0 Å². The molecular weight excluding hydrogens is 603 g/mol. The third-order valence-electron chi connectivity index (χ3n) is 6.81. The second kappa shape index (κ2) is 14.0. The number of benzene rings is 3. The molecule has 1 amide bonds. The molecule has 0 aliphatic carbocycles. The summed E-state index contributed by atoms with van der Waals surface area (Å²) < 4.78 is 34.5. The summed E-state index contributed by atoms with van der Waals surface area (Å²) >= 11 is 7.79. The summed E-state index contributed by atoms with van der Waals surface area (Å²) in [5, 5.41) is 1.10. The number of rotatable bonds is 10. The topological polar surface area (TPSA) is 83.1 Å². The Morgan fingerprint density at radius 2 is 1.73 bits per heavy atom. The van der Waals surface area contributed by atoms with Crippen molar-refractivity contribution in [2.75, 3.05) is 55.1 Å². The third kappa shape index (κ3) is 7.02. The van der Waals surface area contributed by atoms with Gasteiger partial charge in [0.1, 0.15) is 5.52 Å². The normalized spacial score (nSPS) is 14.0. The van der Waals surface area contributed by atoms with E-state index in [0.717, 1.165) is 30.8 Å². The highest BCUT2D eigenvalue weighted by Crippen LogP contribution is 2.34. The lowest BCUT2D eigenvalue weighted by atomic mass is 10.2. The Morgan fingerprint density at radius 1 is 1.02 bits per heavy atom. The summed E-state index contributed by atoms with van der Waals surface area (Å²) in [5.74, 6) is -0.239. The van der Waals surface area contributed by atoms with Crippen molar-refractivity contribution in [1.29, 1.82) is 0 Å². The number of morpholine rings is 1. The van der Waals surface area contributed by atoms with Crippen molar-refractivity contribution in [3.63, 3.8) is 0 Å². The zero-order chi connectivity index (χ0) is 28.1. The van der Waals surface area contributed by atoms with Crippen LogP contribution in [0.4, 0.5) is 10.8 Å². The molecule has 1 aromatic heterocycles. The van der Waals surface area contributed by atoms with E-state index in [0.29, 0.717) is 46.7 Å². The van der Waals surface area contributed by atoms with Gasteiger partial charge in [-0.1, -0.05) is 47.2 Å². The van der Waals surface area contributed by atoms with E-state index in [1.165, 1.54) is 27.8 Å². The van der Waals surface area contributed by atoms with E-state index in [1.807, 2.05) is 18.2 Å². The molecule has 218 valence electrons. The van der Waals surface area contributed by atoms with E-state index in [2.05, 4.69) is 4.90 Å². The van der Waals surface area contributed by atoms with Crippen LogP contribution >= 0.6 is 35.3 Å². The van der Waals surface area contributed by atoms with Crippen LogP contribution in [0.1, 0.15) is 23.7 Å². The number of hydrogen-bond donors (Lipinski definition) is 0. The van der Waals surface area contributed by atoms with Crippen molar-refractivity contribution < 1.29 is 17.9 Å². The van der Waals surface area contributed by atoms with Crippen molar-refractivity contribution in [1.82, 2.24) is 9.88 Å². The van der Waals surface area contributed by atoms with Crippen molar-refractivity contribution in [2.24, 2.45) is 0 Å². The SMILES string of the molecule is CCN(c1ccccc1)S(=O)(=O)c1ccc(C(=O)N(CCCN2CCOCC2)c2nc3c(Cl)cccc3s2)cc1.Cl. The summed E-state index contributed by atoms with van der Waals surface area (Å²) in [6, 6.07) is 20.7. The standard InChI is InChI=1S/C29H31ClN4O4S2.ClH/c1-2-34(23-8-4-3-5-9-23)40(36,37)24-14-12-22(13-15-24)28(35)33(17-7-16-32-18-20-38-21-19-32)29-31-27-25(30)10-6-11-26(27)39-29;/h3-6,8-15H,2,7,16-21H2,1H3;1H. The quantitative estimate of drug-likeness (QED) is 0.214. The second-order valence-electron chi connectivity index (χ2n) is 9.38. The Bertz CT molecular complexity index is 1560. The van der Waals surface area contributed by atoms with Gasteiger partial charge in [-0.05, 0) is 61.9 Å². The molecule has 0 atom stereocenters. The fraction of sp³-hybridized carbons (Fsp3) is 0.310. The van der Waals surface area contributed by atoms with Gasteiger partial charge in [0, 0.05) is 38.3 Å². The minimum atomic E-state index is -3.80. The largest absolute Gasteiger partial charge is 0.379 e. The van der Waals surface area contributed by atoms with E-state index in [-0.39, 0.29) is 29.8 Å². The van der Waals surface area contributed by atoms with Crippen LogP contribution in [0, 0.1) is 0 Å². The van der Waals surface area contributed by atoms with E-state index < -0.39 is 10.0 Å². The van der Waals surface area contributed by atoms with Crippen LogP contribution in [-0.2, 0) is 14.8 Å². The lowest BCUT2D eigenvalue weighted by Gasteiger charge is -2.27. The summed E-state index contributed by atoms with van der Waals surface area (Å²) in [6.07, 6.45) is 0.754. The number of aromatic nitrogens is 1. The number of para-hydroxylation sites is 2. The van der Waals surface area contributed by atoms with Crippen LogP contribution in [-0.4, -0.2) is 70.1 Å². The van der Waals surface area contributed by atoms with Gasteiger partial charge in [0.15, 0.2) is 5.13 Å². The number of carbonyl (C=O) groups excluding carboxylic acids is 1. The number of nitrogens with zero attached hydrogens (tertiary/aromatic N) is 4. The molecule has 1 aliphatic rings. The Hall–Kier alpha value is -2.73. The maximum atomic E-state index is 13.8. The molecule has 12 heteroatoms. The number of halogens is 2. The maximum absolute atomic E-state index is 13.8. The number of carbonyl (C=O) groups is 1.